The first-order chi connectivity index (χ1) is 7.27. The van der Waals surface area contributed by atoms with Crippen molar-refractivity contribution in [1.82, 2.24) is 9.97 Å². The van der Waals surface area contributed by atoms with Gasteiger partial charge in [0.1, 0.15) is 5.82 Å². The van der Waals surface area contributed by atoms with Gasteiger partial charge in [0.2, 0.25) is 0 Å². The molecule has 0 bridgehead atoms. The number of piperidine rings is 1. The summed E-state index contributed by atoms with van der Waals surface area (Å²) in [6.45, 7) is 1.81. The molecule has 1 saturated heterocycles. The molecule has 0 radical (unpaired) electrons. The van der Waals surface area contributed by atoms with Crippen LogP contribution in [-0.4, -0.2) is 28.9 Å². The Labute approximate surface area is 88.8 Å². The number of anilines is 1. The molecule has 0 saturated carbocycles. The molecule has 3 N–H and O–H groups in total. The molecule has 0 amide bonds. The number of nitrogens with one attached hydrogen (secondary N) is 1. The topological polar surface area (TPSA) is 78.9 Å². The molecular formula is C10H15N5. The number of hydrogen-bond donors (Lipinski definition) is 2. The van der Waals surface area contributed by atoms with E-state index in [1.54, 1.807) is 18.6 Å². The van der Waals surface area contributed by atoms with Crippen LogP contribution in [0.15, 0.2) is 18.6 Å². The van der Waals surface area contributed by atoms with Crippen LogP contribution < -0.4 is 10.6 Å². The van der Waals surface area contributed by atoms with Crippen molar-refractivity contribution in [3.05, 3.63) is 18.6 Å². The van der Waals surface area contributed by atoms with Gasteiger partial charge in [-0.3, -0.25) is 10.4 Å². The van der Waals surface area contributed by atoms with E-state index in [9.17, 15) is 0 Å². The second-order valence-electron chi connectivity index (χ2n) is 3.78. The van der Waals surface area contributed by atoms with Gasteiger partial charge < -0.3 is 10.6 Å². The van der Waals surface area contributed by atoms with Gasteiger partial charge in [-0.05, 0) is 12.8 Å². The summed E-state index contributed by atoms with van der Waals surface area (Å²) in [7, 11) is 0. The maximum absolute atomic E-state index is 7.39. The second-order valence-corrected chi connectivity index (χ2v) is 3.78. The van der Waals surface area contributed by atoms with Gasteiger partial charge in [0.15, 0.2) is 0 Å². The maximum atomic E-state index is 7.39. The minimum Gasteiger partial charge on any atom is -0.387 e. The lowest BCUT2D eigenvalue weighted by molar-refractivity contribution is 0.495. The molecule has 1 aliphatic rings. The van der Waals surface area contributed by atoms with Crippen LogP contribution >= 0.6 is 0 Å². The van der Waals surface area contributed by atoms with Crippen molar-refractivity contribution in [2.45, 2.75) is 12.8 Å². The Morgan fingerprint density at radius 1 is 1.40 bits per heavy atom. The zero-order valence-corrected chi connectivity index (χ0v) is 8.56. The van der Waals surface area contributed by atoms with Crippen molar-refractivity contribution in [3.63, 3.8) is 0 Å². The fourth-order valence-electron chi connectivity index (χ4n) is 1.87. The zero-order chi connectivity index (χ0) is 10.7. The first-order valence-corrected chi connectivity index (χ1v) is 5.12. The van der Waals surface area contributed by atoms with Gasteiger partial charge >= 0.3 is 0 Å². The van der Waals surface area contributed by atoms with Crippen LogP contribution in [0.4, 0.5) is 5.82 Å². The van der Waals surface area contributed by atoms with Crippen LogP contribution in [0.1, 0.15) is 12.8 Å². The summed E-state index contributed by atoms with van der Waals surface area (Å²) >= 11 is 0. The Morgan fingerprint density at radius 3 is 2.67 bits per heavy atom. The number of amidine groups is 1. The van der Waals surface area contributed by atoms with Crippen LogP contribution in [0.3, 0.4) is 0 Å². The molecule has 2 heterocycles. The van der Waals surface area contributed by atoms with Crippen LogP contribution in [0, 0.1) is 11.3 Å². The van der Waals surface area contributed by atoms with Crippen molar-refractivity contribution in [2.24, 2.45) is 11.7 Å². The molecule has 2 rings (SSSR count). The highest BCUT2D eigenvalue weighted by molar-refractivity contribution is 5.79. The first kappa shape index (κ1) is 9.89. The van der Waals surface area contributed by atoms with Crippen molar-refractivity contribution in [2.75, 3.05) is 18.0 Å². The molecule has 0 aliphatic carbocycles. The summed E-state index contributed by atoms with van der Waals surface area (Å²) in [5.74, 6) is 1.48. The van der Waals surface area contributed by atoms with E-state index in [0.717, 1.165) is 31.7 Å². The molecule has 5 heteroatoms. The highest BCUT2D eigenvalue weighted by atomic mass is 15.2. The summed E-state index contributed by atoms with van der Waals surface area (Å²) in [5.41, 5.74) is 5.49. The third-order valence-corrected chi connectivity index (χ3v) is 2.81. The highest BCUT2D eigenvalue weighted by Crippen LogP contribution is 2.20. The van der Waals surface area contributed by atoms with Crippen molar-refractivity contribution >= 4 is 11.7 Å². The molecule has 1 aromatic rings. The molecule has 1 aromatic heterocycles. The number of nitrogens with zero attached hydrogens (tertiary/aromatic N) is 3. The van der Waals surface area contributed by atoms with E-state index in [1.165, 1.54) is 0 Å². The maximum Gasteiger partial charge on any atom is 0.147 e. The molecule has 0 unspecified atom stereocenters. The molecule has 80 valence electrons. The molecular weight excluding hydrogens is 190 g/mol. The Balaban J connectivity index is 1.97. The Kier molecular flexibility index (Phi) is 2.80. The molecule has 5 nitrogen and oxygen atoms in total. The Bertz CT molecular complexity index is 329. The van der Waals surface area contributed by atoms with Gasteiger partial charge in [-0.1, -0.05) is 0 Å². The van der Waals surface area contributed by atoms with E-state index in [-0.39, 0.29) is 5.92 Å². The fourth-order valence-corrected chi connectivity index (χ4v) is 1.87. The van der Waals surface area contributed by atoms with Gasteiger partial charge in [0.25, 0.3) is 0 Å². The van der Waals surface area contributed by atoms with Gasteiger partial charge in [0, 0.05) is 31.4 Å². The van der Waals surface area contributed by atoms with E-state index in [1.807, 2.05) is 0 Å². The summed E-state index contributed by atoms with van der Waals surface area (Å²) in [6, 6.07) is 0. The van der Waals surface area contributed by atoms with E-state index in [2.05, 4.69) is 14.9 Å². The Morgan fingerprint density at radius 2 is 2.13 bits per heavy atom. The quantitative estimate of drug-likeness (QED) is 0.548. The lowest BCUT2D eigenvalue weighted by Gasteiger charge is -2.31. The van der Waals surface area contributed by atoms with Crippen LogP contribution in [0.5, 0.6) is 0 Å². The van der Waals surface area contributed by atoms with Gasteiger partial charge in [-0.2, -0.15) is 0 Å². The minimum atomic E-state index is 0.248. The second kappa shape index (κ2) is 4.25. The van der Waals surface area contributed by atoms with Crippen LogP contribution in [-0.2, 0) is 0 Å². The van der Waals surface area contributed by atoms with Crippen molar-refractivity contribution in [3.8, 4) is 0 Å². The number of aromatic nitrogens is 2. The van der Waals surface area contributed by atoms with Crippen LogP contribution in [0.25, 0.3) is 0 Å². The van der Waals surface area contributed by atoms with Crippen LogP contribution in [0.2, 0.25) is 0 Å². The molecule has 0 atom stereocenters. The average Bonchev–Trinajstić information content (AvgIpc) is 2.30. The van der Waals surface area contributed by atoms with E-state index in [0.29, 0.717) is 5.84 Å². The average molecular weight is 205 g/mol. The molecule has 0 spiro atoms. The van der Waals surface area contributed by atoms with E-state index >= 15 is 0 Å². The highest BCUT2D eigenvalue weighted by Gasteiger charge is 2.21. The zero-order valence-electron chi connectivity index (χ0n) is 8.56. The summed E-state index contributed by atoms with van der Waals surface area (Å²) < 4.78 is 0. The van der Waals surface area contributed by atoms with Gasteiger partial charge in [-0.15, -0.1) is 0 Å². The number of nitrogens with two attached hydrogens (primary N) is 1. The molecule has 15 heavy (non-hydrogen) atoms. The monoisotopic (exact) mass is 205 g/mol. The lowest BCUT2D eigenvalue weighted by atomic mass is 9.96. The minimum absolute atomic E-state index is 0.248. The summed E-state index contributed by atoms with van der Waals surface area (Å²) in [6.07, 6.45) is 7.02. The standard InChI is InChI=1S/C10H15N5/c11-10(12)8-1-5-15(6-2-8)9-7-13-3-4-14-9/h3-4,7-8H,1-2,5-6H2,(H3,11,12). The summed E-state index contributed by atoms with van der Waals surface area (Å²) in [4.78, 5) is 10.5. The molecule has 0 aromatic carbocycles. The fraction of sp³-hybridized carbons (Fsp3) is 0.500. The predicted octanol–water partition coefficient (Wildman–Crippen LogP) is 0.629. The SMILES string of the molecule is N=C(N)C1CCN(c2cnccn2)CC1. The summed E-state index contributed by atoms with van der Waals surface area (Å²) in [5, 5.41) is 7.39. The molecule has 1 fully saturated rings. The van der Waals surface area contributed by atoms with E-state index in [4.69, 9.17) is 11.1 Å². The third-order valence-electron chi connectivity index (χ3n) is 2.81. The number of rotatable bonds is 2. The first-order valence-electron chi connectivity index (χ1n) is 5.12. The van der Waals surface area contributed by atoms with Crippen molar-refractivity contribution in [1.29, 1.82) is 5.41 Å². The smallest absolute Gasteiger partial charge is 0.147 e. The Hall–Kier alpha value is -1.65. The largest absolute Gasteiger partial charge is 0.387 e. The van der Waals surface area contributed by atoms with Gasteiger partial charge in [0.05, 0.1) is 12.0 Å². The number of hydrogen-bond acceptors (Lipinski definition) is 4. The van der Waals surface area contributed by atoms with E-state index < -0.39 is 0 Å². The van der Waals surface area contributed by atoms with Gasteiger partial charge in [-0.25, -0.2) is 4.98 Å². The normalized spacial score (nSPS) is 17.7. The molecule has 1 aliphatic heterocycles. The third kappa shape index (κ3) is 2.23. The van der Waals surface area contributed by atoms with Crippen molar-refractivity contribution < 1.29 is 0 Å². The predicted molar refractivity (Wildman–Crippen MR) is 58.9 cm³/mol. The lowest BCUT2D eigenvalue weighted by Crippen LogP contribution is -2.38.